The van der Waals surface area contributed by atoms with Gasteiger partial charge in [-0.15, -0.1) is 0 Å². The first kappa shape index (κ1) is 13.8. The molecule has 22 heavy (non-hydrogen) atoms. The topological polar surface area (TPSA) is 50.2 Å². The van der Waals surface area contributed by atoms with Crippen LogP contribution >= 0.6 is 11.6 Å². The number of nitrogens with zero attached hydrogens (tertiary/aromatic N) is 3. The minimum absolute atomic E-state index is 0.160. The van der Waals surface area contributed by atoms with Crippen LogP contribution in [0.1, 0.15) is 6.42 Å². The highest BCUT2D eigenvalue weighted by Crippen LogP contribution is 2.28. The molecule has 6 heteroatoms. The highest BCUT2D eigenvalue weighted by Gasteiger charge is 2.38. The number of hydrogen-bond donors (Lipinski definition) is 1. The molecule has 114 valence electrons. The van der Waals surface area contributed by atoms with E-state index in [1.165, 1.54) is 11.1 Å². The van der Waals surface area contributed by atoms with Crippen molar-refractivity contribution in [2.75, 3.05) is 19.6 Å². The lowest BCUT2D eigenvalue weighted by molar-refractivity contribution is 0.228. The molecule has 2 aliphatic heterocycles. The molecule has 2 aliphatic rings. The van der Waals surface area contributed by atoms with Crippen LogP contribution in [0.4, 0.5) is 4.79 Å². The summed E-state index contributed by atoms with van der Waals surface area (Å²) in [7, 11) is 0. The van der Waals surface area contributed by atoms with Gasteiger partial charge in [-0.3, -0.25) is 0 Å². The maximum atomic E-state index is 12.3. The second kappa shape index (κ2) is 5.41. The van der Waals surface area contributed by atoms with Crippen molar-refractivity contribution in [1.29, 1.82) is 0 Å². The summed E-state index contributed by atoms with van der Waals surface area (Å²) in [6, 6.07) is 7.62. The summed E-state index contributed by atoms with van der Waals surface area (Å²) in [5.74, 6) is 0.590. The van der Waals surface area contributed by atoms with E-state index in [0.717, 1.165) is 30.8 Å². The van der Waals surface area contributed by atoms with Crippen molar-refractivity contribution in [3.63, 3.8) is 0 Å². The van der Waals surface area contributed by atoms with Gasteiger partial charge in [-0.2, -0.15) is 9.78 Å². The van der Waals surface area contributed by atoms with Crippen LogP contribution in [0.2, 0.25) is 5.02 Å². The molecule has 0 aliphatic carbocycles. The van der Waals surface area contributed by atoms with Crippen molar-refractivity contribution < 1.29 is 4.79 Å². The summed E-state index contributed by atoms with van der Waals surface area (Å²) in [6.45, 7) is 3.23. The van der Waals surface area contributed by atoms with E-state index in [9.17, 15) is 4.79 Å². The van der Waals surface area contributed by atoms with E-state index in [2.05, 4.69) is 15.3 Å². The molecule has 1 aromatic carbocycles. The van der Waals surface area contributed by atoms with Crippen LogP contribution in [0.3, 0.4) is 0 Å². The number of amides is 1. The Labute approximate surface area is 133 Å². The van der Waals surface area contributed by atoms with Gasteiger partial charge in [-0.05, 0) is 36.6 Å². The molecule has 2 saturated heterocycles. The van der Waals surface area contributed by atoms with E-state index in [4.69, 9.17) is 11.6 Å². The Morgan fingerprint density at radius 1 is 1.32 bits per heavy atom. The molecular weight excluding hydrogens is 300 g/mol. The maximum absolute atomic E-state index is 12.3. The predicted molar refractivity (Wildman–Crippen MR) is 84.9 cm³/mol. The number of nitrogens with one attached hydrogen (secondary N) is 1. The van der Waals surface area contributed by atoms with Crippen LogP contribution in [0, 0.1) is 5.92 Å². The summed E-state index contributed by atoms with van der Waals surface area (Å²) in [5.41, 5.74) is 1.84. The molecule has 2 aromatic rings. The first-order valence-corrected chi connectivity index (χ1v) is 7.91. The molecule has 3 heterocycles. The SMILES string of the molecule is O=C(NC1CN2CC[C@H]1C2)n1cc(-c2cccc(Cl)c2)cn1. The lowest BCUT2D eigenvalue weighted by Gasteiger charge is -2.22. The first-order valence-electron chi connectivity index (χ1n) is 7.53. The third-order valence-electron chi connectivity index (χ3n) is 4.59. The summed E-state index contributed by atoms with van der Waals surface area (Å²) in [4.78, 5) is 14.7. The molecule has 0 saturated carbocycles. The first-order chi connectivity index (χ1) is 10.7. The number of fused-ring (bicyclic) bond motifs is 2. The quantitative estimate of drug-likeness (QED) is 0.926. The van der Waals surface area contributed by atoms with E-state index < -0.39 is 0 Å². The zero-order valence-corrected chi connectivity index (χ0v) is 12.8. The standard InChI is InChI=1S/C16H17ClN4O/c17-14-3-1-2-11(6-14)13-7-18-21(9-13)16(22)19-15-10-20-5-4-12(15)8-20/h1-3,6-7,9,12,15H,4-5,8,10H2,(H,19,22)/t12-,15?/m0/s1. The Morgan fingerprint density at radius 2 is 2.23 bits per heavy atom. The van der Waals surface area contributed by atoms with Crippen molar-refractivity contribution in [2.45, 2.75) is 12.5 Å². The van der Waals surface area contributed by atoms with Gasteiger partial charge < -0.3 is 10.2 Å². The fourth-order valence-electron chi connectivity index (χ4n) is 3.42. The van der Waals surface area contributed by atoms with Gasteiger partial charge in [0.1, 0.15) is 0 Å². The Bertz CT molecular complexity index is 714. The summed E-state index contributed by atoms with van der Waals surface area (Å²) in [6.07, 6.45) is 4.61. The van der Waals surface area contributed by atoms with Gasteiger partial charge in [0, 0.05) is 35.9 Å². The number of hydrogen-bond acceptors (Lipinski definition) is 3. The molecule has 1 amide bonds. The monoisotopic (exact) mass is 316 g/mol. The molecule has 0 radical (unpaired) electrons. The summed E-state index contributed by atoms with van der Waals surface area (Å²) in [5, 5.41) is 7.94. The average Bonchev–Trinajstić information content (AvgIpc) is 3.23. The Balaban J connectivity index is 1.48. The normalized spacial score (nSPS) is 26.3. The van der Waals surface area contributed by atoms with Crippen molar-refractivity contribution in [3.05, 3.63) is 41.7 Å². The lowest BCUT2D eigenvalue weighted by atomic mass is 10.0. The molecule has 1 N–H and O–H groups in total. The van der Waals surface area contributed by atoms with Gasteiger partial charge in [0.05, 0.1) is 6.20 Å². The third kappa shape index (κ3) is 2.51. The van der Waals surface area contributed by atoms with E-state index in [-0.39, 0.29) is 12.1 Å². The largest absolute Gasteiger partial charge is 0.342 e. The van der Waals surface area contributed by atoms with Crippen molar-refractivity contribution >= 4 is 17.6 Å². The van der Waals surface area contributed by atoms with E-state index in [0.29, 0.717) is 10.9 Å². The van der Waals surface area contributed by atoms with E-state index >= 15 is 0 Å². The maximum Gasteiger partial charge on any atom is 0.342 e. The fourth-order valence-corrected chi connectivity index (χ4v) is 3.61. The van der Waals surface area contributed by atoms with Crippen LogP contribution in [-0.4, -0.2) is 46.4 Å². The Morgan fingerprint density at radius 3 is 2.95 bits per heavy atom. The number of carbonyl (C=O) groups is 1. The molecule has 1 aromatic heterocycles. The minimum atomic E-state index is -0.160. The molecule has 3 atom stereocenters. The smallest absolute Gasteiger partial charge is 0.332 e. The second-order valence-corrected chi connectivity index (χ2v) is 6.48. The summed E-state index contributed by atoms with van der Waals surface area (Å²) >= 11 is 6.00. The number of benzene rings is 1. The number of rotatable bonds is 2. The van der Waals surface area contributed by atoms with Gasteiger partial charge in [-0.1, -0.05) is 23.7 Å². The number of carbonyl (C=O) groups excluding carboxylic acids is 1. The van der Waals surface area contributed by atoms with Gasteiger partial charge in [0.25, 0.3) is 0 Å². The molecule has 5 nitrogen and oxygen atoms in total. The molecular formula is C16H17ClN4O. The van der Waals surface area contributed by atoms with E-state index in [1.54, 1.807) is 12.4 Å². The summed E-state index contributed by atoms with van der Waals surface area (Å²) < 4.78 is 1.37. The van der Waals surface area contributed by atoms with Crippen molar-refractivity contribution in [2.24, 2.45) is 5.92 Å². The van der Waals surface area contributed by atoms with Gasteiger partial charge in [0.2, 0.25) is 0 Å². The highest BCUT2D eigenvalue weighted by atomic mass is 35.5. The fraction of sp³-hybridized carbons (Fsp3) is 0.375. The predicted octanol–water partition coefficient (Wildman–Crippen LogP) is 2.47. The lowest BCUT2D eigenvalue weighted by Crippen LogP contribution is -2.45. The number of piperidine rings is 1. The van der Waals surface area contributed by atoms with E-state index in [1.807, 2.05) is 24.3 Å². The highest BCUT2D eigenvalue weighted by molar-refractivity contribution is 6.30. The van der Waals surface area contributed by atoms with Crippen LogP contribution in [0.25, 0.3) is 11.1 Å². The molecule has 2 fully saturated rings. The van der Waals surface area contributed by atoms with Crippen molar-refractivity contribution in [1.82, 2.24) is 20.0 Å². The second-order valence-electron chi connectivity index (χ2n) is 6.05. The van der Waals surface area contributed by atoms with Gasteiger partial charge in [0.15, 0.2) is 0 Å². The number of halogens is 1. The van der Waals surface area contributed by atoms with Crippen LogP contribution in [0.15, 0.2) is 36.7 Å². The Kier molecular flexibility index (Phi) is 3.39. The third-order valence-corrected chi connectivity index (χ3v) is 4.83. The molecule has 2 unspecified atom stereocenters. The van der Waals surface area contributed by atoms with Gasteiger partial charge in [-0.25, -0.2) is 4.79 Å². The zero-order valence-electron chi connectivity index (χ0n) is 12.1. The molecule has 0 spiro atoms. The minimum Gasteiger partial charge on any atom is -0.332 e. The zero-order chi connectivity index (χ0) is 15.1. The van der Waals surface area contributed by atoms with Crippen LogP contribution in [-0.2, 0) is 0 Å². The molecule has 2 bridgehead atoms. The van der Waals surface area contributed by atoms with Crippen molar-refractivity contribution in [3.8, 4) is 11.1 Å². The van der Waals surface area contributed by atoms with Crippen LogP contribution in [0.5, 0.6) is 0 Å². The molecule has 4 rings (SSSR count). The number of aromatic nitrogens is 2. The average molecular weight is 317 g/mol. The van der Waals surface area contributed by atoms with Gasteiger partial charge >= 0.3 is 6.03 Å². The Hall–Kier alpha value is -1.85. The van der Waals surface area contributed by atoms with Crippen LogP contribution < -0.4 is 5.32 Å².